The predicted molar refractivity (Wildman–Crippen MR) is 119 cm³/mol. The molecule has 0 unspecified atom stereocenters. The molecule has 1 fully saturated rings. The Morgan fingerprint density at radius 2 is 1.84 bits per heavy atom. The van der Waals surface area contributed by atoms with Crippen molar-refractivity contribution in [1.82, 2.24) is 9.62 Å². The van der Waals surface area contributed by atoms with Crippen molar-refractivity contribution in [3.05, 3.63) is 59.2 Å². The maximum absolute atomic E-state index is 13.2. The molecule has 0 bridgehead atoms. The molecule has 1 saturated heterocycles. The number of piperidine rings is 1. The molecule has 166 valence electrons. The van der Waals surface area contributed by atoms with Gasteiger partial charge in [0.15, 0.2) is 0 Å². The van der Waals surface area contributed by atoms with Gasteiger partial charge in [-0.25, -0.2) is 8.42 Å². The van der Waals surface area contributed by atoms with Gasteiger partial charge in [0.1, 0.15) is 10.6 Å². The molecule has 1 aliphatic heterocycles. The average Bonchev–Trinajstić information content (AvgIpc) is 2.79. The molecular weight excluding hydrogens is 412 g/mol. The first-order valence-corrected chi connectivity index (χ1v) is 12.4. The fraction of sp³-hybridized carbons (Fsp3) is 0.458. The van der Waals surface area contributed by atoms with Gasteiger partial charge in [0, 0.05) is 19.0 Å². The maximum atomic E-state index is 13.2. The van der Waals surface area contributed by atoms with Crippen LogP contribution in [0.25, 0.3) is 0 Å². The number of aryl methyl sites for hydroxylation is 2. The van der Waals surface area contributed by atoms with Crippen LogP contribution in [0.2, 0.25) is 0 Å². The van der Waals surface area contributed by atoms with Crippen molar-refractivity contribution in [2.75, 3.05) is 20.2 Å². The highest BCUT2D eigenvalue weighted by atomic mass is 32.2. The van der Waals surface area contributed by atoms with Crippen molar-refractivity contribution in [1.29, 1.82) is 0 Å². The Morgan fingerprint density at radius 3 is 2.58 bits per heavy atom. The minimum Gasteiger partial charge on any atom is -0.495 e. The number of carbonyl (C=O) groups excluding carboxylic acids is 1. The van der Waals surface area contributed by atoms with E-state index in [1.807, 2.05) is 25.1 Å². The number of hydrogen-bond donors (Lipinski definition) is 1. The smallest absolute Gasteiger partial charge is 0.246 e. The summed E-state index contributed by atoms with van der Waals surface area (Å²) in [6, 6.07) is 13.5. The molecule has 0 radical (unpaired) electrons. The molecule has 7 heteroatoms. The molecule has 4 rings (SSSR count). The number of nitrogens with zero attached hydrogens (tertiary/aromatic N) is 1. The van der Waals surface area contributed by atoms with E-state index in [1.165, 1.54) is 22.5 Å². The molecule has 1 atom stereocenters. The number of carbonyl (C=O) groups is 1. The standard InChI is InChI=1S/C24H30N2O4S/c1-17-10-11-22(30-2)23(16-17)31(28,29)26-14-12-19(13-15-26)24(27)25-21-9-5-7-18-6-3-4-8-20(18)21/h3-4,6,8,10-11,16,19,21H,5,7,9,12-15H2,1-2H3,(H,25,27)/t21-/m0/s1. The normalized spacial score (nSPS) is 20.1. The second kappa shape index (κ2) is 9.01. The Balaban J connectivity index is 1.41. The number of amides is 1. The van der Waals surface area contributed by atoms with Gasteiger partial charge in [-0.1, -0.05) is 30.3 Å². The van der Waals surface area contributed by atoms with Gasteiger partial charge in [-0.2, -0.15) is 4.31 Å². The lowest BCUT2D eigenvalue weighted by Gasteiger charge is -2.33. The van der Waals surface area contributed by atoms with Gasteiger partial charge in [0.25, 0.3) is 0 Å². The topological polar surface area (TPSA) is 75.7 Å². The lowest BCUT2D eigenvalue weighted by atomic mass is 9.87. The number of fused-ring (bicyclic) bond motifs is 1. The van der Waals surface area contributed by atoms with Crippen molar-refractivity contribution in [2.45, 2.75) is 50.0 Å². The number of nitrogens with one attached hydrogen (secondary N) is 1. The highest BCUT2D eigenvalue weighted by molar-refractivity contribution is 7.89. The van der Waals surface area contributed by atoms with Crippen LogP contribution < -0.4 is 10.1 Å². The minimum absolute atomic E-state index is 0.0342. The number of rotatable bonds is 5. The van der Waals surface area contributed by atoms with Crippen molar-refractivity contribution in [3.63, 3.8) is 0 Å². The third-order valence-corrected chi connectivity index (χ3v) is 8.37. The molecule has 1 heterocycles. The highest BCUT2D eigenvalue weighted by Crippen LogP contribution is 2.32. The van der Waals surface area contributed by atoms with Crippen molar-refractivity contribution in [3.8, 4) is 5.75 Å². The first-order valence-electron chi connectivity index (χ1n) is 10.9. The molecule has 1 amide bonds. The summed E-state index contributed by atoms with van der Waals surface area (Å²) in [6.45, 7) is 2.52. The fourth-order valence-corrected chi connectivity index (χ4v) is 6.39. The van der Waals surface area contributed by atoms with Gasteiger partial charge < -0.3 is 10.1 Å². The zero-order chi connectivity index (χ0) is 22.0. The number of methoxy groups -OCH3 is 1. The van der Waals surface area contributed by atoms with E-state index < -0.39 is 10.0 Å². The molecule has 1 N–H and O–H groups in total. The summed E-state index contributed by atoms with van der Waals surface area (Å²) >= 11 is 0. The summed E-state index contributed by atoms with van der Waals surface area (Å²) in [5.41, 5.74) is 3.39. The summed E-state index contributed by atoms with van der Waals surface area (Å²) in [4.78, 5) is 13.1. The SMILES string of the molecule is COc1ccc(C)cc1S(=O)(=O)N1CCC(C(=O)N[C@H]2CCCc3ccccc32)CC1. The molecule has 2 aliphatic rings. The Hall–Kier alpha value is -2.38. The van der Waals surface area contributed by atoms with E-state index in [-0.39, 0.29) is 22.8 Å². The van der Waals surface area contributed by atoms with Gasteiger partial charge in [0.2, 0.25) is 15.9 Å². The van der Waals surface area contributed by atoms with Gasteiger partial charge in [-0.3, -0.25) is 4.79 Å². The third kappa shape index (κ3) is 4.48. The van der Waals surface area contributed by atoms with Crippen LogP contribution in [-0.2, 0) is 21.2 Å². The van der Waals surface area contributed by atoms with Crippen LogP contribution in [0.1, 0.15) is 48.4 Å². The molecule has 6 nitrogen and oxygen atoms in total. The molecule has 2 aromatic rings. The largest absolute Gasteiger partial charge is 0.495 e. The number of hydrogen-bond acceptors (Lipinski definition) is 4. The number of benzene rings is 2. The van der Waals surface area contributed by atoms with Crippen molar-refractivity contribution in [2.24, 2.45) is 5.92 Å². The molecule has 0 saturated carbocycles. The van der Waals surface area contributed by atoms with Crippen LogP contribution >= 0.6 is 0 Å². The number of ether oxygens (including phenoxy) is 1. The third-order valence-electron chi connectivity index (χ3n) is 6.45. The summed E-state index contributed by atoms with van der Waals surface area (Å²) in [7, 11) is -2.19. The molecule has 0 spiro atoms. The zero-order valence-electron chi connectivity index (χ0n) is 18.1. The van der Waals surface area contributed by atoms with E-state index >= 15 is 0 Å². The maximum Gasteiger partial charge on any atom is 0.246 e. The molecular formula is C24H30N2O4S. The van der Waals surface area contributed by atoms with Crippen molar-refractivity contribution < 1.29 is 17.9 Å². The second-order valence-electron chi connectivity index (χ2n) is 8.48. The average molecular weight is 443 g/mol. The highest BCUT2D eigenvalue weighted by Gasteiger charge is 2.34. The fourth-order valence-electron chi connectivity index (χ4n) is 4.68. The van der Waals surface area contributed by atoms with Gasteiger partial charge in [-0.05, 0) is 67.9 Å². The quantitative estimate of drug-likeness (QED) is 0.768. The summed E-state index contributed by atoms with van der Waals surface area (Å²) < 4.78 is 33.1. The Kier molecular flexibility index (Phi) is 6.34. The zero-order valence-corrected chi connectivity index (χ0v) is 19.0. The van der Waals surface area contributed by atoms with E-state index in [0.29, 0.717) is 31.7 Å². The van der Waals surface area contributed by atoms with Crippen LogP contribution in [0.5, 0.6) is 5.75 Å². The summed E-state index contributed by atoms with van der Waals surface area (Å²) in [5.74, 6) is 0.216. The first kappa shape index (κ1) is 21.8. The molecule has 2 aromatic carbocycles. The van der Waals surface area contributed by atoms with Gasteiger partial charge >= 0.3 is 0 Å². The second-order valence-corrected chi connectivity index (χ2v) is 10.4. The van der Waals surface area contributed by atoms with Crippen molar-refractivity contribution >= 4 is 15.9 Å². The van der Waals surface area contributed by atoms with Crippen LogP contribution in [0.15, 0.2) is 47.4 Å². The van der Waals surface area contributed by atoms with Crippen LogP contribution in [0.4, 0.5) is 0 Å². The minimum atomic E-state index is -3.67. The Morgan fingerprint density at radius 1 is 1.10 bits per heavy atom. The summed E-state index contributed by atoms with van der Waals surface area (Å²) in [6.07, 6.45) is 4.11. The van der Waals surface area contributed by atoms with E-state index in [9.17, 15) is 13.2 Å². The number of sulfonamides is 1. The van der Waals surface area contributed by atoms with Gasteiger partial charge in [0.05, 0.1) is 13.2 Å². The van der Waals surface area contributed by atoms with Crippen LogP contribution in [0, 0.1) is 12.8 Å². The predicted octanol–water partition coefficient (Wildman–Crippen LogP) is 3.60. The van der Waals surface area contributed by atoms with E-state index in [0.717, 1.165) is 24.8 Å². The van der Waals surface area contributed by atoms with Gasteiger partial charge in [-0.15, -0.1) is 0 Å². The first-order chi connectivity index (χ1) is 14.9. The molecule has 31 heavy (non-hydrogen) atoms. The van der Waals surface area contributed by atoms with E-state index in [4.69, 9.17) is 4.74 Å². The Bertz CT molecular complexity index is 1060. The summed E-state index contributed by atoms with van der Waals surface area (Å²) in [5, 5.41) is 3.23. The lowest BCUT2D eigenvalue weighted by Crippen LogP contribution is -2.44. The monoisotopic (exact) mass is 442 g/mol. The van der Waals surface area contributed by atoms with Crippen LogP contribution in [0.3, 0.4) is 0 Å². The van der Waals surface area contributed by atoms with Crippen LogP contribution in [-0.4, -0.2) is 38.8 Å². The van der Waals surface area contributed by atoms with E-state index in [1.54, 1.807) is 12.1 Å². The molecule has 1 aliphatic carbocycles. The Labute approximate surface area is 184 Å². The van der Waals surface area contributed by atoms with E-state index in [2.05, 4.69) is 17.4 Å². The molecule has 0 aromatic heterocycles. The lowest BCUT2D eigenvalue weighted by molar-refractivity contribution is -0.127.